The van der Waals surface area contributed by atoms with Crippen molar-refractivity contribution in [1.82, 2.24) is 0 Å². The summed E-state index contributed by atoms with van der Waals surface area (Å²) in [5.74, 6) is 0. The van der Waals surface area contributed by atoms with Gasteiger partial charge in [-0.3, -0.25) is 0 Å². The second-order valence-electron chi connectivity index (χ2n) is 6.56. The molecule has 0 unspecified atom stereocenters. The molecule has 4 aromatic carbocycles. The first-order valence-electron chi connectivity index (χ1n) is 9.28. The Balaban J connectivity index is 2.06. The SMILES string of the molecule is N#Cc1cccc(Br)c1N[P+](c1ccccc1)(c1ccccc1)c1ccccc1. The summed E-state index contributed by atoms with van der Waals surface area (Å²) in [6, 6.07) is 39.6. The molecule has 29 heavy (non-hydrogen) atoms. The standard InChI is InChI=1S/C25H19BrN2P/c26-24-18-10-11-20(19-27)25(24)28-29(21-12-4-1-5-13-21,22-14-6-2-7-15-22)23-16-8-3-9-17-23/h1-18,28H/q+1. The van der Waals surface area contributed by atoms with E-state index in [0.717, 1.165) is 10.2 Å². The first-order valence-corrected chi connectivity index (χ1v) is 11.9. The fourth-order valence-electron chi connectivity index (χ4n) is 3.49. The van der Waals surface area contributed by atoms with Gasteiger partial charge in [0, 0.05) is 4.47 Å². The predicted molar refractivity (Wildman–Crippen MR) is 128 cm³/mol. The zero-order valence-corrected chi connectivity index (χ0v) is 18.1. The monoisotopic (exact) mass is 457 g/mol. The highest BCUT2D eigenvalue weighted by molar-refractivity contribution is 9.10. The van der Waals surface area contributed by atoms with E-state index in [1.54, 1.807) is 0 Å². The molecule has 0 radical (unpaired) electrons. The average molecular weight is 458 g/mol. The molecule has 4 rings (SSSR count). The van der Waals surface area contributed by atoms with Gasteiger partial charge in [-0.1, -0.05) is 60.7 Å². The molecule has 4 heteroatoms. The van der Waals surface area contributed by atoms with Crippen LogP contribution in [0.2, 0.25) is 0 Å². The Kier molecular flexibility index (Phi) is 5.76. The minimum atomic E-state index is -2.27. The van der Waals surface area contributed by atoms with Gasteiger partial charge in [0.1, 0.15) is 27.7 Å². The molecule has 0 saturated heterocycles. The van der Waals surface area contributed by atoms with Crippen molar-refractivity contribution in [1.29, 1.82) is 5.26 Å². The molecule has 1 N–H and O–H groups in total. The Labute approximate surface area is 180 Å². The first kappa shape index (κ1) is 19.4. The number of hydrogen-bond acceptors (Lipinski definition) is 2. The van der Waals surface area contributed by atoms with Gasteiger partial charge in [0.25, 0.3) is 0 Å². The van der Waals surface area contributed by atoms with E-state index < -0.39 is 7.41 Å². The van der Waals surface area contributed by atoms with Crippen LogP contribution in [0, 0.1) is 11.3 Å². The topological polar surface area (TPSA) is 35.8 Å². The van der Waals surface area contributed by atoms with Crippen LogP contribution in [0.15, 0.2) is 114 Å². The van der Waals surface area contributed by atoms with Crippen LogP contribution in [0.3, 0.4) is 0 Å². The maximum absolute atomic E-state index is 9.75. The zero-order valence-electron chi connectivity index (χ0n) is 15.7. The highest BCUT2D eigenvalue weighted by Gasteiger charge is 2.46. The highest BCUT2D eigenvalue weighted by Crippen LogP contribution is 2.56. The Morgan fingerprint density at radius 1 is 0.621 bits per heavy atom. The Bertz CT molecular complexity index is 1040. The van der Waals surface area contributed by atoms with E-state index in [2.05, 4.69) is 99.9 Å². The first-order chi connectivity index (χ1) is 14.3. The molecule has 0 bridgehead atoms. The van der Waals surface area contributed by atoms with Crippen molar-refractivity contribution in [3.63, 3.8) is 0 Å². The van der Waals surface area contributed by atoms with Crippen LogP contribution in [0.1, 0.15) is 5.56 Å². The van der Waals surface area contributed by atoms with Gasteiger partial charge in [-0.15, -0.1) is 0 Å². The molecule has 0 amide bonds. The molecular weight excluding hydrogens is 439 g/mol. The number of hydrogen-bond donors (Lipinski definition) is 1. The maximum Gasteiger partial charge on any atom is 0.199 e. The third-order valence-electron chi connectivity index (χ3n) is 4.84. The molecule has 0 fully saturated rings. The van der Waals surface area contributed by atoms with Crippen LogP contribution < -0.4 is 21.0 Å². The normalized spacial score (nSPS) is 10.9. The van der Waals surface area contributed by atoms with E-state index in [9.17, 15) is 5.26 Å². The predicted octanol–water partition coefficient (Wildman–Crippen LogP) is 5.64. The lowest BCUT2D eigenvalue weighted by atomic mass is 10.2. The summed E-state index contributed by atoms with van der Waals surface area (Å²) in [4.78, 5) is 0. The minimum absolute atomic E-state index is 0.617. The van der Waals surface area contributed by atoms with E-state index in [4.69, 9.17) is 0 Å². The molecule has 0 aromatic heterocycles. The van der Waals surface area contributed by atoms with Gasteiger partial charge in [0.2, 0.25) is 0 Å². The minimum Gasteiger partial charge on any atom is -0.244 e. The van der Waals surface area contributed by atoms with Crippen molar-refractivity contribution in [3.8, 4) is 6.07 Å². The number of nitrogens with zero attached hydrogens (tertiary/aromatic N) is 1. The number of nitrogens with one attached hydrogen (secondary N) is 1. The fourth-order valence-corrected chi connectivity index (χ4v) is 7.83. The van der Waals surface area contributed by atoms with Crippen molar-refractivity contribution < 1.29 is 0 Å². The number of rotatable bonds is 5. The Morgan fingerprint density at radius 3 is 1.48 bits per heavy atom. The van der Waals surface area contributed by atoms with E-state index in [-0.39, 0.29) is 0 Å². The van der Waals surface area contributed by atoms with E-state index in [1.807, 2.05) is 36.4 Å². The van der Waals surface area contributed by atoms with Gasteiger partial charge < -0.3 is 0 Å². The van der Waals surface area contributed by atoms with Crippen molar-refractivity contribution in [2.45, 2.75) is 0 Å². The third kappa shape index (κ3) is 3.70. The Hall–Kier alpha value is -2.92. The average Bonchev–Trinajstić information content (AvgIpc) is 2.80. The molecular formula is C25H19BrN2P+. The number of benzene rings is 4. The molecule has 0 aliphatic heterocycles. The number of nitriles is 1. The van der Waals surface area contributed by atoms with Crippen molar-refractivity contribution >= 4 is 44.9 Å². The molecule has 4 aromatic rings. The fraction of sp³-hybridized carbons (Fsp3) is 0. The van der Waals surface area contributed by atoms with Gasteiger partial charge in [-0.2, -0.15) is 5.26 Å². The lowest BCUT2D eigenvalue weighted by Crippen LogP contribution is -2.36. The molecule has 140 valence electrons. The van der Waals surface area contributed by atoms with Gasteiger partial charge in [0.15, 0.2) is 7.41 Å². The van der Waals surface area contributed by atoms with Crippen LogP contribution >= 0.6 is 23.3 Å². The van der Waals surface area contributed by atoms with Crippen molar-refractivity contribution in [2.75, 3.05) is 5.09 Å². The van der Waals surface area contributed by atoms with Crippen LogP contribution in [0.5, 0.6) is 0 Å². The number of anilines is 1. The highest BCUT2D eigenvalue weighted by atomic mass is 79.9. The summed E-state index contributed by atoms with van der Waals surface area (Å²) in [6.45, 7) is 0. The molecule has 0 saturated carbocycles. The summed E-state index contributed by atoms with van der Waals surface area (Å²) >= 11 is 3.66. The summed E-state index contributed by atoms with van der Waals surface area (Å²) in [6.07, 6.45) is 0. The smallest absolute Gasteiger partial charge is 0.199 e. The van der Waals surface area contributed by atoms with Crippen LogP contribution in [-0.4, -0.2) is 0 Å². The van der Waals surface area contributed by atoms with E-state index in [0.29, 0.717) is 5.56 Å². The summed E-state index contributed by atoms with van der Waals surface area (Å²) in [5, 5.41) is 17.2. The third-order valence-corrected chi connectivity index (χ3v) is 9.28. The van der Waals surface area contributed by atoms with Crippen molar-refractivity contribution in [2.24, 2.45) is 0 Å². The van der Waals surface area contributed by atoms with Crippen LogP contribution in [-0.2, 0) is 0 Å². The molecule has 0 aliphatic carbocycles. The van der Waals surface area contributed by atoms with E-state index in [1.165, 1.54) is 15.9 Å². The molecule has 0 atom stereocenters. The summed E-state index contributed by atoms with van der Waals surface area (Å²) in [7, 11) is -2.27. The van der Waals surface area contributed by atoms with Gasteiger partial charge >= 0.3 is 0 Å². The summed E-state index contributed by atoms with van der Waals surface area (Å²) < 4.78 is 0.878. The Morgan fingerprint density at radius 2 is 1.07 bits per heavy atom. The lowest BCUT2D eigenvalue weighted by Gasteiger charge is -2.29. The van der Waals surface area contributed by atoms with Gasteiger partial charge in [-0.05, 0) is 64.5 Å². The largest absolute Gasteiger partial charge is 0.244 e. The summed E-state index contributed by atoms with van der Waals surface area (Å²) in [5.41, 5.74) is 1.44. The van der Waals surface area contributed by atoms with Crippen molar-refractivity contribution in [3.05, 3.63) is 119 Å². The number of para-hydroxylation sites is 1. The quantitative estimate of drug-likeness (QED) is 0.393. The number of halogens is 1. The molecule has 0 heterocycles. The van der Waals surface area contributed by atoms with Crippen LogP contribution in [0.4, 0.5) is 5.69 Å². The lowest BCUT2D eigenvalue weighted by molar-refractivity contribution is 1.47. The molecule has 0 aliphatic rings. The van der Waals surface area contributed by atoms with Crippen LogP contribution in [0.25, 0.3) is 0 Å². The maximum atomic E-state index is 9.75. The van der Waals surface area contributed by atoms with Gasteiger partial charge in [0.05, 0.1) is 5.56 Å². The van der Waals surface area contributed by atoms with E-state index >= 15 is 0 Å². The zero-order chi connectivity index (χ0) is 20.1. The second-order valence-corrected chi connectivity index (χ2v) is 10.5. The van der Waals surface area contributed by atoms with Gasteiger partial charge in [-0.25, -0.2) is 5.09 Å². The second kappa shape index (κ2) is 8.62. The molecule has 2 nitrogen and oxygen atoms in total. The molecule has 0 spiro atoms.